The van der Waals surface area contributed by atoms with Gasteiger partial charge in [-0.3, -0.25) is 0 Å². The van der Waals surface area contributed by atoms with Crippen molar-refractivity contribution < 1.29 is 9.53 Å². The number of ether oxygens (including phenoxy) is 1. The molecule has 0 aromatic carbocycles. The number of nitrogens with zero attached hydrogens (tertiary/aromatic N) is 2. The Morgan fingerprint density at radius 3 is 2.36 bits per heavy atom. The van der Waals surface area contributed by atoms with E-state index in [2.05, 4.69) is 18.0 Å². The lowest BCUT2D eigenvalue weighted by atomic mass is 9.75. The second kappa shape index (κ2) is 10.9. The number of allylic oxidation sites excluding steroid dienone is 2. The van der Waals surface area contributed by atoms with Gasteiger partial charge in [-0.25, -0.2) is 4.79 Å². The number of piperidine rings is 1. The second-order valence-corrected chi connectivity index (χ2v) is 7.15. The first-order valence-corrected chi connectivity index (χ1v) is 9.09. The molecule has 0 aliphatic carbocycles. The van der Waals surface area contributed by atoms with Crippen LogP contribution >= 0.6 is 0 Å². The summed E-state index contributed by atoms with van der Waals surface area (Å²) < 4.78 is 5.39. The number of amides is 1. The Bertz CT molecular complexity index is 490. The highest BCUT2D eigenvalue weighted by Crippen LogP contribution is 2.37. The molecule has 0 saturated carbocycles. The molecule has 0 bridgehead atoms. The maximum Gasteiger partial charge on any atom is 0.410 e. The molecule has 0 aromatic heterocycles. The van der Waals surface area contributed by atoms with Crippen molar-refractivity contribution in [2.75, 3.05) is 26.7 Å². The highest BCUT2D eigenvalue weighted by atomic mass is 16.6. The summed E-state index contributed by atoms with van der Waals surface area (Å²) in [6, 6.07) is 2.46. The largest absolute Gasteiger partial charge is 0.444 e. The van der Waals surface area contributed by atoms with Crippen molar-refractivity contribution >= 4 is 6.09 Å². The molecule has 142 valence electrons. The molecule has 5 heteroatoms. The molecule has 0 spiro atoms. The highest BCUT2D eigenvalue weighted by Gasteiger charge is 2.37. The predicted octanol–water partition coefficient (Wildman–Crippen LogP) is 4.28. The summed E-state index contributed by atoms with van der Waals surface area (Å²) in [6.45, 7) is 15.5. The lowest BCUT2D eigenvalue weighted by molar-refractivity contribution is 0.0149. The van der Waals surface area contributed by atoms with Gasteiger partial charge in [0.15, 0.2) is 0 Å². The van der Waals surface area contributed by atoms with E-state index in [0.717, 1.165) is 12.1 Å². The van der Waals surface area contributed by atoms with Crippen LogP contribution in [0.15, 0.2) is 24.3 Å². The van der Waals surface area contributed by atoms with Crippen LogP contribution in [0.2, 0.25) is 0 Å². The van der Waals surface area contributed by atoms with E-state index in [0.29, 0.717) is 32.4 Å². The Morgan fingerprint density at radius 1 is 1.36 bits per heavy atom. The van der Waals surface area contributed by atoms with E-state index in [-0.39, 0.29) is 6.09 Å². The van der Waals surface area contributed by atoms with Crippen LogP contribution in [0.1, 0.15) is 53.9 Å². The number of nitrogens with one attached hydrogen (secondary N) is 1. The van der Waals surface area contributed by atoms with Crippen molar-refractivity contribution in [3.05, 3.63) is 24.3 Å². The maximum atomic E-state index is 12.1. The minimum absolute atomic E-state index is 0.295. The average molecular weight is 350 g/mol. The minimum Gasteiger partial charge on any atom is -0.444 e. The standard InChI is InChI=1S/C18H29N3O2.C2H6/c1-15(7-6-10-20-5)13-18(14-19)8-11-21(12-9-18)16(22)23-17(2,3)4;1-2/h6-7,20H,1,8-13H2,2-5H3;1-2H3/b7-6-;. The van der Waals surface area contributed by atoms with Gasteiger partial charge in [-0.15, -0.1) is 0 Å². The third-order valence-corrected chi connectivity index (χ3v) is 3.85. The van der Waals surface area contributed by atoms with Gasteiger partial charge in [-0.1, -0.05) is 38.2 Å². The van der Waals surface area contributed by atoms with Gasteiger partial charge in [0, 0.05) is 19.6 Å². The first-order chi connectivity index (χ1) is 11.7. The van der Waals surface area contributed by atoms with Crippen molar-refractivity contribution in [3.8, 4) is 6.07 Å². The summed E-state index contributed by atoms with van der Waals surface area (Å²) in [4.78, 5) is 13.8. The van der Waals surface area contributed by atoms with Crippen molar-refractivity contribution in [1.29, 1.82) is 5.26 Å². The van der Waals surface area contributed by atoms with Gasteiger partial charge < -0.3 is 15.0 Å². The van der Waals surface area contributed by atoms with Crippen molar-refractivity contribution in [2.24, 2.45) is 5.41 Å². The summed E-state index contributed by atoms with van der Waals surface area (Å²) >= 11 is 0. The lowest BCUT2D eigenvalue weighted by Crippen LogP contribution is -2.44. The van der Waals surface area contributed by atoms with Crippen molar-refractivity contribution in [1.82, 2.24) is 10.2 Å². The quantitative estimate of drug-likeness (QED) is 0.753. The summed E-state index contributed by atoms with van der Waals surface area (Å²) in [6.07, 6.45) is 5.63. The predicted molar refractivity (Wildman–Crippen MR) is 103 cm³/mol. The van der Waals surface area contributed by atoms with Gasteiger partial charge in [-0.05, 0) is 47.1 Å². The number of likely N-dealkylation sites (tertiary alicyclic amines) is 1. The normalized spacial score (nSPS) is 16.6. The zero-order valence-corrected chi connectivity index (χ0v) is 16.8. The molecule has 1 fully saturated rings. The molecule has 5 nitrogen and oxygen atoms in total. The number of likely N-dealkylation sites (N-methyl/N-ethyl adjacent to an activating group) is 1. The van der Waals surface area contributed by atoms with Gasteiger partial charge in [0.2, 0.25) is 0 Å². The molecule has 1 rings (SSSR count). The van der Waals surface area contributed by atoms with E-state index in [1.807, 2.05) is 53.8 Å². The average Bonchev–Trinajstić information content (AvgIpc) is 2.56. The van der Waals surface area contributed by atoms with Crippen LogP contribution in [0.5, 0.6) is 0 Å². The number of carbonyl (C=O) groups is 1. The monoisotopic (exact) mass is 349 g/mol. The molecule has 1 amide bonds. The van der Waals surface area contributed by atoms with E-state index >= 15 is 0 Å². The molecule has 25 heavy (non-hydrogen) atoms. The summed E-state index contributed by atoms with van der Waals surface area (Å²) in [5, 5.41) is 12.6. The van der Waals surface area contributed by atoms with Crippen molar-refractivity contribution in [2.45, 2.75) is 59.5 Å². The Labute approximate surface area is 153 Å². The maximum absolute atomic E-state index is 12.1. The Hall–Kier alpha value is -1.80. The zero-order valence-electron chi connectivity index (χ0n) is 16.8. The molecular formula is C20H35N3O2. The second-order valence-electron chi connectivity index (χ2n) is 7.15. The van der Waals surface area contributed by atoms with E-state index in [1.165, 1.54) is 0 Å². The van der Waals surface area contributed by atoms with Crippen LogP contribution < -0.4 is 5.32 Å². The van der Waals surface area contributed by atoms with Crippen LogP contribution in [0, 0.1) is 16.7 Å². The summed E-state index contributed by atoms with van der Waals surface area (Å²) in [5.41, 5.74) is 0.0276. The van der Waals surface area contributed by atoms with Crippen molar-refractivity contribution in [3.63, 3.8) is 0 Å². The minimum atomic E-state index is -0.493. The number of rotatable bonds is 5. The third kappa shape index (κ3) is 8.74. The molecule has 0 radical (unpaired) electrons. The van der Waals surface area contributed by atoms with Crippen LogP contribution in [0.25, 0.3) is 0 Å². The van der Waals surface area contributed by atoms with Crippen LogP contribution in [-0.4, -0.2) is 43.3 Å². The fourth-order valence-electron chi connectivity index (χ4n) is 2.61. The van der Waals surface area contributed by atoms with Crippen LogP contribution in [0.3, 0.4) is 0 Å². The van der Waals surface area contributed by atoms with E-state index in [4.69, 9.17) is 4.74 Å². The number of hydrogen-bond acceptors (Lipinski definition) is 4. The number of carbonyl (C=O) groups excluding carboxylic acids is 1. The zero-order chi connectivity index (χ0) is 19.5. The molecule has 1 aliphatic heterocycles. The fraction of sp³-hybridized carbons (Fsp3) is 0.700. The van der Waals surface area contributed by atoms with Crippen LogP contribution in [0.4, 0.5) is 4.79 Å². The number of nitriles is 1. The Balaban J connectivity index is 0.00000277. The summed E-state index contributed by atoms with van der Waals surface area (Å²) in [5.74, 6) is 0. The molecule has 1 saturated heterocycles. The molecular weight excluding hydrogens is 314 g/mol. The number of hydrogen-bond donors (Lipinski definition) is 1. The smallest absolute Gasteiger partial charge is 0.410 e. The summed E-state index contributed by atoms with van der Waals surface area (Å²) in [7, 11) is 1.89. The van der Waals surface area contributed by atoms with Gasteiger partial charge >= 0.3 is 6.09 Å². The Kier molecular flexibility index (Phi) is 10.2. The topological polar surface area (TPSA) is 65.4 Å². The molecule has 1 aliphatic rings. The SMILES string of the molecule is C=C(/C=C\CNC)CC1(C#N)CCN(C(=O)OC(C)(C)C)CC1.CC. The van der Waals surface area contributed by atoms with Gasteiger partial charge in [0.05, 0.1) is 11.5 Å². The molecule has 0 aromatic rings. The molecule has 0 unspecified atom stereocenters. The first-order valence-electron chi connectivity index (χ1n) is 9.09. The fourth-order valence-corrected chi connectivity index (χ4v) is 2.61. The van der Waals surface area contributed by atoms with Gasteiger partial charge in [-0.2, -0.15) is 5.26 Å². The molecule has 1 N–H and O–H groups in total. The molecule has 0 atom stereocenters. The van der Waals surface area contributed by atoms with E-state index < -0.39 is 11.0 Å². The van der Waals surface area contributed by atoms with E-state index in [1.54, 1.807) is 4.90 Å². The van der Waals surface area contributed by atoms with Gasteiger partial charge in [0.25, 0.3) is 0 Å². The van der Waals surface area contributed by atoms with Crippen LogP contribution in [-0.2, 0) is 4.74 Å². The van der Waals surface area contributed by atoms with Gasteiger partial charge in [0.1, 0.15) is 5.60 Å². The first kappa shape index (κ1) is 23.2. The molecule has 1 heterocycles. The Morgan fingerprint density at radius 2 is 1.92 bits per heavy atom. The highest BCUT2D eigenvalue weighted by molar-refractivity contribution is 5.68. The third-order valence-electron chi connectivity index (χ3n) is 3.85. The van der Waals surface area contributed by atoms with E-state index in [9.17, 15) is 10.1 Å². The lowest BCUT2D eigenvalue weighted by Gasteiger charge is -2.38.